The van der Waals surface area contributed by atoms with E-state index in [9.17, 15) is 4.79 Å². The lowest BCUT2D eigenvalue weighted by atomic mass is 10.1. The molecule has 1 aromatic carbocycles. The van der Waals surface area contributed by atoms with Gasteiger partial charge in [0.05, 0.1) is 11.4 Å². The first-order valence-corrected chi connectivity index (χ1v) is 10.1. The van der Waals surface area contributed by atoms with Crippen LogP contribution < -0.4 is 5.32 Å². The predicted molar refractivity (Wildman–Crippen MR) is 113 cm³/mol. The number of nitrogens with zero attached hydrogens (tertiary/aromatic N) is 4. The van der Waals surface area contributed by atoms with Crippen LogP contribution in [-0.2, 0) is 17.8 Å². The van der Waals surface area contributed by atoms with Gasteiger partial charge in [-0.05, 0) is 29.8 Å². The number of aromatic nitrogens is 4. The van der Waals surface area contributed by atoms with Crippen LogP contribution in [0, 0.1) is 0 Å². The second-order valence-corrected chi connectivity index (χ2v) is 7.52. The summed E-state index contributed by atoms with van der Waals surface area (Å²) in [4.78, 5) is 16.2. The summed E-state index contributed by atoms with van der Waals surface area (Å²) in [6.07, 6.45) is 3.94. The van der Waals surface area contributed by atoms with Gasteiger partial charge in [-0.15, -0.1) is 16.8 Å². The van der Waals surface area contributed by atoms with Crippen molar-refractivity contribution in [1.29, 1.82) is 0 Å². The molecule has 0 atom stereocenters. The third-order valence-corrected chi connectivity index (χ3v) is 5.27. The van der Waals surface area contributed by atoms with Crippen molar-refractivity contribution in [2.24, 2.45) is 0 Å². The number of anilines is 1. The number of nitrogens with one attached hydrogen (secondary N) is 1. The Morgan fingerprint density at radius 3 is 2.71 bits per heavy atom. The molecule has 0 aliphatic rings. The van der Waals surface area contributed by atoms with Gasteiger partial charge in [0, 0.05) is 24.2 Å². The fraction of sp³-hybridized carbons (Fsp3) is 0.158. The van der Waals surface area contributed by atoms with Crippen molar-refractivity contribution in [1.82, 2.24) is 19.7 Å². The van der Waals surface area contributed by atoms with Gasteiger partial charge >= 0.3 is 0 Å². The summed E-state index contributed by atoms with van der Waals surface area (Å²) < 4.78 is 1.94. The lowest BCUT2D eigenvalue weighted by Crippen LogP contribution is -2.15. The summed E-state index contributed by atoms with van der Waals surface area (Å²) >= 11 is 13.2. The maximum atomic E-state index is 12.2. The molecule has 2 aromatic heterocycles. The Morgan fingerprint density at radius 1 is 1.21 bits per heavy atom. The van der Waals surface area contributed by atoms with Crippen LogP contribution in [-0.4, -0.2) is 31.4 Å². The Bertz CT molecular complexity index is 975. The van der Waals surface area contributed by atoms with Crippen molar-refractivity contribution in [2.45, 2.75) is 18.1 Å². The minimum absolute atomic E-state index is 0.168. The molecule has 0 aliphatic heterocycles. The van der Waals surface area contributed by atoms with Crippen LogP contribution in [0.2, 0.25) is 10.2 Å². The lowest BCUT2D eigenvalue weighted by Gasteiger charge is -2.09. The fourth-order valence-corrected chi connectivity index (χ4v) is 3.51. The molecule has 28 heavy (non-hydrogen) atoms. The maximum absolute atomic E-state index is 12.2. The molecular weight excluding hydrogens is 417 g/mol. The summed E-state index contributed by atoms with van der Waals surface area (Å²) in [5.74, 6) is 0.759. The standard InChI is InChI=1S/C19H17Cl2N5OS/c1-2-10-26-16(11-13-5-7-14(20)8-6-13)24-25-19(26)28-12-17(27)23-15-4-3-9-22-18(15)21/h2-9H,1,10-12H2,(H,23,27). The minimum Gasteiger partial charge on any atom is -0.323 e. The Kier molecular flexibility index (Phi) is 7.08. The van der Waals surface area contributed by atoms with Crippen LogP contribution in [0.5, 0.6) is 0 Å². The molecule has 0 fully saturated rings. The summed E-state index contributed by atoms with van der Waals surface area (Å²) in [5, 5.41) is 12.8. The number of benzene rings is 1. The van der Waals surface area contributed by atoms with E-state index in [0.29, 0.717) is 28.8 Å². The maximum Gasteiger partial charge on any atom is 0.234 e. The number of thioether (sulfide) groups is 1. The number of amides is 1. The van der Waals surface area contributed by atoms with Gasteiger partial charge in [0.25, 0.3) is 0 Å². The van der Waals surface area contributed by atoms with Gasteiger partial charge in [0.15, 0.2) is 10.3 Å². The van der Waals surface area contributed by atoms with Crippen LogP contribution in [0.25, 0.3) is 0 Å². The molecule has 9 heteroatoms. The van der Waals surface area contributed by atoms with Crippen LogP contribution in [0.3, 0.4) is 0 Å². The fourth-order valence-electron chi connectivity index (χ4n) is 2.45. The first kappa shape index (κ1) is 20.4. The van der Waals surface area contributed by atoms with Crippen LogP contribution in [0.4, 0.5) is 5.69 Å². The molecule has 144 valence electrons. The van der Waals surface area contributed by atoms with E-state index < -0.39 is 0 Å². The third kappa shape index (κ3) is 5.34. The highest BCUT2D eigenvalue weighted by molar-refractivity contribution is 7.99. The summed E-state index contributed by atoms with van der Waals surface area (Å²) in [6.45, 7) is 4.34. The molecule has 1 N–H and O–H groups in total. The summed E-state index contributed by atoms with van der Waals surface area (Å²) in [6, 6.07) is 11.0. The van der Waals surface area contributed by atoms with Crippen molar-refractivity contribution in [3.8, 4) is 0 Å². The van der Waals surface area contributed by atoms with Gasteiger partial charge in [-0.3, -0.25) is 4.79 Å². The van der Waals surface area contributed by atoms with Crippen molar-refractivity contribution in [3.05, 3.63) is 76.8 Å². The lowest BCUT2D eigenvalue weighted by molar-refractivity contribution is -0.113. The first-order valence-electron chi connectivity index (χ1n) is 8.37. The van der Waals surface area contributed by atoms with Crippen molar-refractivity contribution >= 4 is 46.6 Å². The zero-order chi connectivity index (χ0) is 19.9. The van der Waals surface area contributed by atoms with E-state index in [2.05, 4.69) is 27.1 Å². The molecular formula is C19H17Cl2N5OS. The molecule has 0 bridgehead atoms. The molecule has 3 aromatic rings. The Morgan fingerprint density at radius 2 is 2.00 bits per heavy atom. The molecule has 6 nitrogen and oxygen atoms in total. The number of hydrogen-bond acceptors (Lipinski definition) is 5. The third-order valence-electron chi connectivity index (χ3n) is 3.75. The van der Waals surface area contributed by atoms with E-state index in [1.807, 2.05) is 28.8 Å². The first-order chi connectivity index (χ1) is 13.6. The number of allylic oxidation sites excluding steroid dienone is 1. The van der Waals surface area contributed by atoms with Crippen molar-refractivity contribution in [2.75, 3.05) is 11.1 Å². The topological polar surface area (TPSA) is 72.7 Å². The van der Waals surface area contributed by atoms with Gasteiger partial charge in [-0.25, -0.2) is 4.98 Å². The Labute approximate surface area is 177 Å². The highest BCUT2D eigenvalue weighted by Crippen LogP contribution is 2.21. The number of carbonyl (C=O) groups is 1. The van der Waals surface area contributed by atoms with Gasteiger partial charge in [0.1, 0.15) is 5.82 Å². The molecule has 2 heterocycles. The van der Waals surface area contributed by atoms with Gasteiger partial charge in [-0.2, -0.15) is 0 Å². The summed E-state index contributed by atoms with van der Waals surface area (Å²) in [5.41, 5.74) is 1.55. The van der Waals surface area contributed by atoms with Crippen molar-refractivity contribution in [3.63, 3.8) is 0 Å². The second-order valence-electron chi connectivity index (χ2n) is 5.78. The molecule has 0 saturated carbocycles. The highest BCUT2D eigenvalue weighted by Gasteiger charge is 2.14. The number of pyridine rings is 1. The zero-order valence-corrected chi connectivity index (χ0v) is 17.1. The summed E-state index contributed by atoms with van der Waals surface area (Å²) in [7, 11) is 0. The average Bonchev–Trinajstić information content (AvgIpc) is 3.06. The molecule has 0 saturated heterocycles. The van der Waals surface area contributed by atoms with Crippen LogP contribution in [0.1, 0.15) is 11.4 Å². The Hall–Kier alpha value is -2.35. The number of rotatable bonds is 8. The average molecular weight is 434 g/mol. The van der Waals surface area contributed by atoms with Crippen molar-refractivity contribution < 1.29 is 4.79 Å². The zero-order valence-electron chi connectivity index (χ0n) is 14.8. The predicted octanol–water partition coefficient (Wildman–Crippen LogP) is 4.49. The van der Waals surface area contributed by atoms with Gasteiger partial charge in [-0.1, -0.05) is 53.2 Å². The second kappa shape index (κ2) is 9.73. The van der Waals surface area contributed by atoms with Gasteiger partial charge in [0.2, 0.25) is 5.91 Å². The molecule has 0 radical (unpaired) electrons. The minimum atomic E-state index is -0.202. The molecule has 0 aliphatic carbocycles. The molecule has 0 unspecified atom stereocenters. The highest BCUT2D eigenvalue weighted by atomic mass is 35.5. The number of halogens is 2. The molecule has 0 spiro atoms. The Balaban J connectivity index is 1.67. The van der Waals surface area contributed by atoms with E-state index in [1.54, 1.807) is 24.4 Å². The van der Waals surface area contributed by atoms with E-state index in [-0.39, 0.29) is 16.8 Å². The smallest absolute Gasteiger partial charge is 0.234 e. The number of hydrogen-bond donors (Lipinski definition) is 1. The van der Waals surface area contributed by atoms with E-state index in [0.717, 1.165) is 11.4 Å². The number of carbonyl (C=O) groups excluding carboxylic acids is 1. The van der Waals surface area contributed by atoms with Crippen LogP contribution >= 0.6 is 35.0 Å². The van der Waals surface area contributed by atoms with E-state index in [1.165, 1.54) is 11.8 Å². The monoisotopic (exact) mass is 433 g/mol. The quantitative estimate of drug-likeness (QED) is 0.321. The van der Waals surface area contributed by atoms with E-state index in [4.69, 9.17) is 23.2 Å². The van der Waals surface area contributed by atoms with Crippen LogP contribution in [0.15, 0.2) is 60.4 Å². The SMILES string of the molecule is C=CCn1c(Cc2ccc(Cl)cc2)nnc1SCC(=O)Nc1cccnc1Cl. The largest absolute Gasteiger partial charge is 0.323 e. The molecule has 3 rings (SSSR count). The molecule has 1 amide bonds. The van der Waals surface area contributed by atoms with Gasteiger partial charge < -0.3 is 9.88 Å². The van der Waals surface area contributed by atoms with E-state index >= 15 is 0 Å². The normalized spacial score (nSPS) is 10.6.